The molecule has 0 N–H and O–H groups in total. The summed E-state index contributed by atoms with van der Waals surface area (Å²) in [5.41, 5.74) is 0.688. The number of nitro benzene ring substituents is 1. The van der Waals surface area contributed by atoms with Gasteiger partial charge in [-0.1, -0.05) is 11.6 Å². The number of nitro groups is 1. The standard InChI is InChI=1S/C8H6ClN3O2/c1-11-8-5(4-10-11)2-6(12(13)14)3-7(8)9/h2-4H,1H3. The van der Waals surface area contributed by atoms with Crippen LogP contribution in [0.1, 0.15) is 0 Å². The summed E-state index contributed by atoms with van der Waals surface area (Å²) >= 11 is 5.89. The third-order valence-electron chi connectivity index (χ3n) is 1.98. The van der Waals surface area contributed by atoms with Crippen molar-refractivity contribution >= 4 is 28.2 Å². The highest BCUT2D eigenvalue weighted by molar-refractivity contribution is 6.35. The van der Waals surface area contributed by atoms with Gasteiger partial charge in [-0.05, 0) is 0 Å². The van der Waals surface area contributed by atoms with E-state index < -0.39 is 4.92 Å². The van der Waals surface area contributed by atoms with Gasteiger partial charge < -0.3 is 0 Å². The lowest BCUT2D eigenvalue weighted by molar-refractivity contribution is -0.384. The Balaban J connectivity index is 2.80. The van der Waals surface area contributed by atoms with Crippen molar-refractivity contribution in [3.05, 3.63) is 33.5 Å². The first-order chi connectivity index (χ1) is 6.59. The number of halogens is 1. The van der Waals surface area contributed by atoms with Crippen molar-refractivity contribution in [1.82, 2.24) is 9.78 Å². The van der Waals surface area contributed by atoms with Crippen LogP contribution in [0.4, 0.5) is 5.69 Å². The minimum absolute atomic E-state index is 0.0181. The summed E-state index contributed by atoms with van der Waals surface area (Å²) < 4.78 is 1.58. The van der Waals surface area contributed by atoms with E-state index in [1.54, 1.807) is 17.9 Å². The van der Waals surface area contributed by atoms with Crippen molar-refractivity contribution in [2.75, 3.05) is 0 Å². The number of aromatic nitrogens is 2. The normalized spacial score (nSPS) is 10.7. The van der Waals surface area contributed by atoms with Crippen molar-refractivity contribution < 1.29 is 4.92 Å². The molecule has 0 atom stereocenters. The van der Waals surface area contributed by atoms with Crippen LogP contribution in [0, 0.1) is 10.1 Å². The predicted octanol–water partition coefficient (Wildman–Crippen LogP) is 2.13. The van der Waals surface area contributed by atoms with Crippen LogP contribution >= 0.6 is 11.6 Å². The predicted molar refractivity (Wildman–Crippen MR) is 52.4 cm³/mol. The van der Waals surface area contributed by atoms with Crippen LogP contribution in [0.2, 0.25) is 5.02 Å². The molecule has 2 aromatic rings. The fourth-order valence-electron chi connectivity index (χ4n) is 1.36. The summed E-state index contributed by atoms with van der Waals surface area (Å²) in [6.07, 6.45) is 1.55. The van der Waals surface area contributed by atoms with E-state index in [0.29, 0.717) is 15.9 Å². The van der Waals surface area contributed by atoms with Crippen LogP contribution in [-0.4, -0.2) is 14.7 Å². The van der Waals surface area contributed by atoms with Gasteiger partial charge in [0.1, 0.15) is 0 Å². The zero-order valence-electron chi connectivity index (χ0n) is 7.27. The molecule has 14 heavy (non-hydrogen) atoms. The highest BCUT2D eigenvalue weighted by Crippen LogP contribution is 2.28. The molecule has 2 rings (SSSR count). The van der Waals surface area contributed by atoms with E-state index in [4.69, 9.17) is 11.6 Å². The van der Waals surface area contributed by atoms with E-state index in [1.165, 1.54) is 12.1 Å². The Kier molecular flexibility index (Phi) is 1.89. The minimum Gasteiger partial charge on any atom is -0.266 e. The van der Waals surface area contributed by atoms with Gasteiger partial charge in [0.05, 0.1) is 21.7 Å². The molecule has 5 nitrogen and oxygen atoms in total. The van der Waals surface area contributed by atoms with Crippen LogP contribution < -0.4 is 0 Å². The van der Waals surface area contributed by atoms with Gasteiger partial charge in [-0.3, -0.25) is 14.8 Å². The molecule has 0 aliphatic carbocycles. The molecule has 1 heterocycles. The van der Waals surface area contributed by atoms with Crippen LogP contribution in [0.15, 0.2) is 18.3 Å². The largest absolute Gasteiger partial charge is 0.271 e. The molecule has 6 heteroatoms. The first-order valence-electron chi connectivity index (χ1n) is 3.85. The quantitative estimate of drug-likeness (QED) is 0.536. The molecule has 0 unspecified atom stereocenters. The van der Waals surface area contributed by atoms with Gasteiger partial charge in [-0.25, -0.2) is 0 Å². The average molecular weight is 212 g/mol. The Morgan fingerprint density at radius 1 is 1.57 bits per heavy atom. The maximum absolute atomic E-state index is 10.5. The van der Waals surface area contributed by atoms with Gasteiger partial charge in [0.25, 0.3) is 5.69 Å². The number of aryl methyl sites for hydroxylation is 1. The summed E-state index contributed by atoms with van der Waals surface area (Å²) in [6.45, 7) is 0. The maximum Gasteiger partial charge on any atom is 0.271 e. The van der Waals surface area contributed by atoms with Gasteiger partial charge in [-0.2, -0.15) is 5.10 Å². The fraction of sp³-hybridized carbons (Fsp3) is 0.125. The van der Waals surface area contributed by atoms with Crippen LogP contribution in [0.5, 0.6) is 0 Å². The topological polar surface area (TPSA) is 61.0 Å². The summed E-state index contributed by atoms with van der Waals surface area (Å²) in [6, 6.07) is 2.78. The van der Waals surface area contributed by atoms with Crippen LogP contribution in [0.3, 0.4) is 0 Å². The summed E-state index contributed by atoms with van der Waals surface area (Å²) in [5, 5.41) is 15.5. The molecule has 0 aliphatic heterocycles. The Labute approximate surface area is 84.0 Å². The molecule has 1 aromatic carbocycles. The zero-order chi connectivity index (χ0) is 10.3. The molecule has 0 saturated heterocycles. The fourth-order valence-corrected chi connectivity index (χ4v) is 1.70. The van der Waals surface area contributed by atoms with Crippen molar-refractivity contribution in [3.8, 4) is 0 Å². The molecule has 0 aliphatic rings. The van der Waals surface area contributed by atoms with E-state index in [1.807, 2.05) is 0 Å². The molecular formula is C8H6ClN3O2. The lowest BCUT2D eigenvalue weighted by Crippen LogP contribution is -1.91. The van der Waals surface area contributed by atoms with Gasteiger partial charge in [0.2, 0.25) is 0 Å². The Morgan fingerprint density at radius 2 is 2.29 bits per heavy atom. The highest BCUT2D eigenvalue weighted by atomic mass is 35.5. The van der Waals surface area contributed by atoms with Gasteiger partial charge in [0.15, 0.2) is 0 Å². The third kappa shape index (κ3) is 1.22. The minimum atomic E-state index is -0.474. The second-order valence-electron chi connectivity index (χ2n) is 2.89. The molecule has 0 radical (unpaired) electrons. The number of fused-ring (bicyclic) bond motifs is 1. The van der Waals surface area contributed by atoms with Gasteiger partial charge in [0, 0.05) is 24.6 Å². The van der Waals surface area contributed by atoms with E-state index in [9.17, 15) is 10.1 Å². The number of benzene rings is 1. The Bertz CT molecular complexity index is 521. The molecule has 0 bridgehead atoms. The summed E-state index contributed by atoms with van der Waals surface area (Å²) in [4.78, 5) is 10.0. The molecule has 0 amide bonds. The molecule has 0 fully saturated rings. The SMILES string of the molecule is Cn1ncc2cc([N+](=O)[O-])cc(Cl)c21. The number of non-ortho nitro benzene ring substituents is 1. The zero-order valence-corrected chi connectivity index (χ0v) is 8.02. The van der Waals surface area contributed by atoms with Crippen molar-refractivity contribution in [2.45, 2.75) is 0 Å². The molecule has 0 saturated carbocycles. The van der Waals surface area contributed by atoms with E-state index in [0.717, 1.165) is 0 Å². The number of nitrogens with zero attached hydrogens (tertiary/aromatic N) is 3. The Morgan fingerprint density at radius 3 is 2.93 bits per heavy atom. The number of rotatable bonds is 1. The smallest absolute Gasteiger partial charge is 0.266 e. The Hall–Kier alpha value is -1.62. The van der Waals surface area contributed by atoms with Crippen molar-refractivity contribution in [1.29, 1.82) is 0 Å². The monoisotopic (exact) mass is 211 g/mol. The summed E-state index contributed by atoms with van der Waals surface area (Å²) in [5.74, 6) is 0. The van der Waals surface area contributed by atoms with E-state index in [-0.39, 0.29) is 5.69 Å². The first kappa shape index (κ1) is 8.96. The van der Waals surface area contributed by atoms with Gasteiger partial charge >= 0.3 is 0 Å². The van der Waals surface area contributed by atoms with Crippen LogP contribution in [0.25, 0.3) is 10.9 Å². The third-order valence-corrected chi connectivity index (χ3v) is 2.27. The van der Waals surface area contributed by atoms with E-state index >= 15 is 0 Å². The molecule has 72 valence electrons. The average Bonchev–Trinajstić information content (AvgIpc) is 2.48. The second kappa shape index (κ2) is 2.95. The van der Waals surface area contributed by atoms with Gasteiger partial charge in [-0.15, -0.1) is 0 Å². The lowest BCUT2D eigenvalue weighted by Gasteiger charge is -1.97. The first-order valence-corrected chi connectivity index (χ1v) is 4.23. The highest BCUT2D eigenvalue weighted by Gasteiger charge is 2.12. The van der Waals surface area contributed by atoms with Crippen molar-refractivity contribution in [3.63, 3.8) is 0 Å². The number of hydrogen-bond acceptors (Lipinski definition) is 3. The number of hydrogen-bond donors (Lipinski definition) is 0. The molecular weight excluding hydrogens is 206 g/mol. The van der Waals surface area contributed by atoms with Crippen LogP contribution in [-0.2, 0) is 7.05 Å². The van der Waals surface area contributed by atoms with Crippen molar-refractivity contribution in [2.24, 2.45) is 7.05 Å². The lowest BCUT2D eigenvalue weighted by atomic mass is 10.2. The van der Waals surface area contributed by atoms with E-state index in [2.05, 4.69) is 5.10 Å². The summed E-state index contributed by atoms with van der Waals surface area (Å²) in [7, 11) is 1.74. The maximum atomic E-state index is 10.5. The molecule has 1 aromatic heterocycles. The second-order valence-corrected chi connectivity index (χ2v) is 3.30. The molecule has 0 spiro atoms.